The van der Waals surface area contributed by atoms with Crippen LogP contribution in [0.1, 0.15) is 27.5 Å². The summed E-state index contributed by atoms with van der Waals surface area (Å²) in [4.78, 5) is 27.2. The zero-order valence-electron chi connectivity index (χ0n) is 13.8. The van der Waals surface area contributed by atoms with E-state index in [2.05, 4.69) is 15.6 Å². The lowest BCUT2D eigenvalue weighted by molar-refractivity contribution is -0.266. The van der Waals surface area contributed by atoms with Crippen LogP contribution in [0.4, 0.5) is 18.9 Å². The Morgan fingerprint density at radius 3 is 2.31 bits per heavy atom. The molecule has 0 bridgehead atoms. The van der Waals surface area contributed by atoms with Gasteiger partial charge in [0.25, 0.3) is 5.91 Å². The molecule has 0 radical (unpaired) electrons. The Labute approximate surface area is 151 Å². The van der Waals surface area contributed by atoms with Crippen LogP contribution in [0.15, 0.2) is 29.6 Å². The largest absolute Gasteiger partial charge is 0.424 e. The van der Waals surface area contributed by atoms with Gasteiger partial charge in [-0.1, -0.05) is 0 Å². The van der Waals surface area contributed by atoms with Gasteiger partial charge in [0.15, 0.2) is 0 Å². The molecule has 1 heterocycles. The molecule has 0 aliphatic carbocycles. The summed E-state index contributed by atoms with van der Waals surface area (Å²) >= 11 is 0.634. The lowest BCUT2D eigenvalue weighted by Crippen LogP contribution is -2.45. The van der Waals surface area contributed by atoms with Gasteiger partial charge in [-0.2, -0.15) is 13.2 Å². The summed E-state index contributed by atoms with van der Waals surface area (Å²) in [5.41, 5.74) is -2.53. The lowest BCUT2D eigenvalue weighted by atomic mass is 9.99. The van der Waals surface area contributed by atoms with Crippen molar-refractivity contribution in [2.45, 2.75) is 25.1 Å². The number of amides is 2. The number of halogens is 3. The minimum Gasteiger partial charge on any atom is -0.374 e. The van der Waals surface area contributed by atoms with Gasteiger partial charge in [0.05, 0.1) is 6.42 Å². The number of benzene rings is 1. The first kappa shape index (κ1) is 19.9. The van der Waals surface area contributed by atoms with E-state index in [0.29, 0.717) is 22.6 Å². The van der Waals surface area contributed by atoms with Crippen LogP contribution >= 0.6 is 11.3 Å². The van der Waals surface area contributed by atoms with Crippen molar-refractivity contribution in [1.82, 2.24) is 10.3 Å². The fourth-order valence-corrected chi connectivity index (χ4v) is 3.04. The molecule has 2 amide bonds. The maximum Gasteiger partial charge on any atom is 0.424 e. The Bertz CT molecular complexity index is 805. The molecule has 2 rings (SSSR count). The number of aromatic nitrogens is 1. The number of hydrogen-bond donors (Lipinski definition) is 3. The van der Waals surface area contributed by atoms with E-state index in [4.69, 9.17) is 0 Å². The first-order valence-corrected chi connectivity index (χ1v) is 8.28. The summed E-state index contributed by atoms with van der Waals surface area (Å²) in [7, 11) is 1.45. The lowest BCUT2D eigenvalue weighted by Gasteiger charge is -2.27. The third-order valence-corrected chi connectivity index (χ3v) is 4.63. The van der Waals surface area contributed by atoms with Crippen LogP contribution < -0.4 is 10.6 Å². The van der Waals surface area contributed by atoms with Crippen molar-refractivity contribution in [3.8, 4) is 0 Å². The summed E-state index contributed by atoms with van der Waals surface area (Å²) in [6.07, 6.45) is -6.31. The molecule has 10 heteroatoms. The Morgan fingerprint density at radius 2 is 1.85 bits per heavy atom. The standard InChI is InChI=1S/C16H16F3N3O3S/c1-9-8-26-14(21-9)15(25,16(17,18)19)7-12(23)22-11-5-3-10(4-6-11)13(24)20-2/h3-6,8,25H,7H2,1-2H3,(H,20,24)(H,22,23). The molecule has 0 fully saturated rings. The number of rotatable bonds is 5. The number of anilines is 1. The minimum atomic E-state index is -5.07. The Hall–Kier alpha value is -2.46. The monoisotopic (exact) mass is 387 g/mol. The van der Waals surface area contributed by atoms with Gasteiger partial charge in [-0.05, 0) is 31.2 Å². The van der Waals surface area contributed by atoms with Crippen LogP contribution in [0.3, 0.4) is 0 Å². The number of thiazole rings is 1. The highest BCUT2D eigenvalue weighted by Gasteiger charge is 2.58. The molecule has 140 valence electrons. The van der Waals surface area contributed by atoms with Gasteiger partial charge < -0.3 is 15.7 Å². The Kier molecular flexibility index (Phi) is 5.67. The zero-order chi connectivity index (χ0) is 19.5. The second-order valence-electron chi connectivity index (χ2n) is 5.53. The Morgan fingerprint density at radius 1 is 1.23 bits per heavy atom. The predicted molar refractivity (Wildman–Crippen MR) is 89.9 cm³/mol. The summed E-state index contributed by atoms with van der Waals surface area (Å²) in [6, 6.07) is 5.58. The third-order valence-electron chi connectivity index (χ3n) is 3.52. The number of carbonyl (C=O) groups excluding carboxylic acids is 2. The van der Waals surface area contributed by atoms with E-state index >= 15 is 0 Å². The van der Waals surface area contributed by atoms with Crippen LogP contribution in [0, 0.1) is 6.92 Å². The van der Waals surface area contributed by atoms with E-state index in [1.165, 1.54) is 43.6 Å². The molecule has 1 aromatic carbocycles. The van der Waals surface area contributed by atoms with Gasteiger partial charge in [-0.3, -0.25) is 9.59 Å². The fraction of sp³-hybridized carbons (Fsp3) is 0.312. The SMILES string of the molecule is CNC(=O)c1ccc(NC(=O)CC(O)(c2nc(C)cs2)C(F)(F)F)cc1. The maximum absolute atomic E-state index is 13.4. The summed E-state index contributed by atoms with van der Waals surface area (Å²) in [5, 5.41) is 15.6. The smallest absolute Gasteiger partial charge is 0.374 e. The zero-order valence-corrected chi connectivity index (χ0v) is 14.7. The molecule has 6 nitrogen and oxygen atoms in total. The number of carbonyl (C=O) groups is 2. The van der Waals surface area contributed by atoms with E-state index in [9.17, 15) is 27.9 Å². The molecule has 1 unspecified atom stereocenters. The summed E-state index contributed by atoms with van der Waals surface area (Å²) in [6.45, 7) is 1.49. The van der Waals surface area contributed by atoms with Crippen molar-refractivity contribution >= 4 is 28.8 Å². The molecule has 26 heavy (non-hydrogen) atoms. The van der Waals surface area contributed by atoms with E-state index in [0.717, 1.165) is 0 Å². The predicted octanol–water partition coefficient (Wildman–Crippen LogP) is 2.59. The molecule has 2 aromatic rings. The average Bonchev–Trinajstić information content (AvgIpc) is 3.00. The molecule has 0 spiro atoms. The number of aryl methyl sites for hydroxylation is 1. The summed E-state index contributed by atoms with van der Waals surface area (Å²) in [5.74, 6) is -1.38. The quantitative estimate of drug-likeness (QED) is 0.736. The molecule has 0 aliphatic heterocycles. The van der Waals surface area contributed by atoms with E-state index in [1.807, 2.05) is 0 Å². The normalized spacial score (nSPS) is 13.8. The second-order valence-corrected chi connectivity index (χ2v) is 6.39. The van der Waals surface area contributed by atoms with Crippen molar-refractivity contribution in [1.29, 1.82) is 0 Å². The highest BCUT2D eigenvalue weighted by atomic mass is 32.1. The third kappa shape index (κ3) is 4.20. The molecule has 0 saturated carbocycles. The van der Waals surface area contributed by atoms with Gasteiger partial charge in [-0.25, -0.2) is 4.98 Å². The maximum atomic E-state index is 13.4. The molecule has 1 aromatic heterocycles. The molecule has 3 N–H and O–H groups in total. The van der Waals surface area contributed by atoms with Crippen LogP contribution in [-0.2, 0) is 10.4 Å². The Balaban J connectivity index is 2.16. The van der Waals surface area contributed by atoms with Crippen molar-refractivity contribution in [2.75, 3.05) is 12.4 Å². The van der Waals surface area contributed by atoms with Crippen LogP contribution in [0.5, 0.6) is 0 Å². The molecular weight excluding hydrogens is 371 g/mol. The van der Waals surface area contributed by atoms with Crippen molar-refractivity contribution < 1.29 is 27.9 Å². The minimum absolute atomic E-state index is 0.197. The first-order valence-electron chi connectivity index (χ1n) is 7.40. The molecule has 0 saturated heterocycles. The summed E-state index contributed by atoms with van der Waals surface area (Å²) < 4.78 is 40.1. The van der Waals surface area contributed by atoms with Crippen LogP contribution in [0.2, 0.25) is 0 Å². The molecular formula is C16H16F3N3O3S. The fourth-order valence-electron chi connectivity index (χ4n) is 2.13. The van der Waals surface area contributed by atoms with Crippen molar-refractivity contribution in [3.05, 3.63) is 45.9 Å². The van der Waals surface area contributed by atoms with Gasteiger partial charge in [0.2, 0.25) is 11.5 Å². The number of alkyl halides is 3. The number of aliphatic hydroxyl groups is 1. The number of hydrogen-bond acceptors (Lipinski definition) is 5. The van der Waals surface area contributed by atoms with Gasteiger partial charge in [-0.15, -0.1) is 11.3 Å². The van der Waals surface area contributed by atoms with Crippen LogP contribution in [0.25, 0.3) is 0 Å². The topological polar surface area (TPSA) is 91.3 Å². The number of nitrogens with one attached hydrogen (secondary N) is 2. The van der Waals surface area contributed by atoms with Crippen molar-refractivity contribution in [2.24, 2.45) is 0 Å². The van der Waals surface area contributed by atoms with Crippen molar-refractivity contribution in [3.63, 3.8) is 0 Å². The van der Waals surface area contributed by atoms with Gasteiger partial charge >= 0.3 is 6.18 Å². The van der Waals surface area contributed by atoms with E-state index in [-0.39, 0.29) is 11.6 Å². The highest BCUT2D eigenvalue weighted by Crippen LogP contribution is 2.42. The van der Waals surface area contributed by atoms with Crippen LogP contribution in [-0.4, -0.2) is 35.1 Å². The first-order chi connectivity index (χ1) is 12.1. The molecule has 1 atom stereocenters. The van der Waals surface area contributed by atoms with Gasteiger partial charge in [0, 0.05) is 29.4 Å². The highest BCUT2D eigenvalue weighted by molar-refractivity contribution is 7.09. The van der Waals surface area contributed by atoms with E-state index < -0.39 is 29.1 Å². The number of nitrogens with zero attached hydrogens (tertiary/aromatic N) is 1. The van der Waals surface area contributed by atoms with Gasteiger partial charge in [0.1, 0.15) is 5.01 Å². The second kappa shape index (κ2) is 7.42. The molecule has 0 aliphatic rings. The van der Waals surface area contributed by atoms with E-state index in [1.54, 1.807) is 0 Å². The average molecular weight is 387 g/mol.